The second-order valence-electron chi connectivity index (χ2n) is 4.60. The molecule has 2 heteroatoms. The summed E-state index contributed by atoms with van der Waals surface area (Å²) in [7, 11) is 0. The molecule has 0 radical (unpaired) electrons. The van der Waals surface area contributed by atoms with E-state index in [0.717, 1.165) is 19.0 Å². The third-order valence-electron chi connectivity index (χ3n) is 2.95. The van der Waals surface area contributed by atoms with Gasteiger partial charge in [-0.3, -0.25) is 0 Å². The molecule has 1 aliphatic rings. The van der Waals surface area contributed by atoms with E-state index in [0.29, 0.717) is 13.2 Å². The first-order chi connectivity index (χ1) is 8.38. The lowest BCUT2D eigenvalue weighted by Crippen LogP contribution is -2.19. The van der Waals surface area contributed by atoms with Crippen LogP contribution in [0, 0.1) is 0 Å². The number of nitrogens with one attached hydrogen (secondary N) is 1. The van der Waals surface area contributed by atoms with E-state index < -0.39 is 0 Å². The van der Waals surface area contributed by atoms with E-state index in [1.165, 1.54) is 24.0 Å². The molecule has 0 atom stereocenters. The molecule has 0 unspecified atom stereocenters. The Labute approximate surface area is 104 Å². The molecule has 1 saturated carbocycles. The fraction of sp³-hybridized carbons (Fsp3) is 0.467. The van der Waals surface area contributed by atoms with E-state index in [1.54, 1.807) is 6.08 Å². The molecule has 1 aromatic carbocycles. The molecule has 1 aromatic rings. The first-order valence-electron chi connectivity index (χ1n) is 6.38. The molecule has 0 heterocycles. The van der Waals surface area contributed by atoms with Gasteiger partial charge in [-0.2, -0.15) is 0 Å². The van der Waals surface area contributed by atoms with Crippen molar-refractivity contribution in [3.05, 3.63) is 48.0 Å². The van der Waals surface area contributed by atoms with Crippen LogP contribution in [0.5, 0.6) is 0 Å². The van der Waals surface area contributed by atoms with Gasteiger partial charge in [0.15, 0.2) is 0 Å². The van der Waals surface area contributed by atoms with Gasteiger partial charge in [-0.1, -0.05) is 30.3 Å². The average Bonchev–Trinajstić information content (AvgIpc) is 3.16. The minimum atomic E-state index is 0.618. The third kappa shape index (κ3) is 4.72. The van der Waals surface area contributed by atoms with Crippen molar-refractivity contribution in [2.24, 2.45) is 0 Å². The Morgan fingerprint density at radius 2 is 1.94 bits per heavy atom. The van der Waals surface area contributed by atoms with Crippen LogP contribution in [-0.2, 0) is 17.8 Å². The molecular formula is C15H21NO. The van der Waals surface area contributed by atoms with E-state index in [1.807, 2.05) is 0 Å². The smallest absolute Gasteiger partial charge is 0.0721 e. The zero-order valence-electron chi connectivity index (χ0n) is 10.3. The monoisotopic (exact) mass is 231 g/mol. The molecule has 2 rings (SSSR count). The first-order valence-corrected chi connectivity index (χ1v) is 6.38. The fourth-order valence-corrected chi connectivity index (χ4v) is 1.77. The van der Waals surface area contributed by atoms with Crippen LogP contribution in [0.15, 0.2) is 36.9 Å². The topological polar surface area (TPSA) is 21.3 Å². The van der Waals surface area contributed by atoms with Gasteiger partial charge in [0.05, 0.1) is 13.2 Å². The van der Waals surface area contributed by atoms with Gasteiger partial charge in [0, 0.05) is 6.04 Å². The summed E-state index contributed by atoms with van der Waals surface area (Å²) in [5, 5.41) is 3.53. The summed E-state index contributed by atoms with van der Waals surface area (Å²) in [6.07, 6.45) is 5.61. The second kappa shape index (κ2) is 6.58. The lowest BCUT2D eigenvalue weighted by molar-refractivity contribution is 0.149. The zero-order chi connectivity index (χ0) is 11.9. The molecule has 17 heavy (non-hydrogen) atoms. The fourth-order valence-electron chi connectivity index (χ4n) is 1.77. The van der Waals surface area contributed by atoms with Crippen LogP contribution in [0.4, 0.5) is 0 Å². The third-order valence-corrected chi connectivity index (χ3v) is 2.95. The minimum Gasteiger partial charge on any atom is -0.373 e. The van der Waals surface area contributed by atoms with Crippen LogP contribution in [0.25, 0.3) is 0 Å². The predicted octanol–water partition coefficient (Wildman–Crippen LogP) is 2.68. The number of hydrogen-bond acceptors (Lipinski definition) is 2. The molecular weight excluding hydrogens is 210 g/mol. The molecule has 0 saturated heterocycles. The van der Waals surface area contributed by atoms with E-state index in [2.05, 4.69) is 36.2 Å². The standard InChI is InChI=1S/C15H21NO/c1-2-11-17-12-14-5-3-13(4-6-14)9-10-16-15-7-8-15/h2-6,15-16H,1,7-12H2. The molecule has 0 aromatic heterocycles. The highest BCUT2D eigenvalue weighted by Gasteiger charge is 2.19. The SMILES string of the molecule is C=CCOCc1ccc(CCNC2CC2)cc1. The van der Waals surface area contributed by atoms with Gasteiger partial charge in [0.25, 0.3) is 0 Å². The first kappa shape index (κ1) is 12.3. The Balaban J connectivity index is 1.69. The maximum absolute atomic E-state index is 5.40. The van der Waals surface area contributed by atoms with Gasteiger partial charge in [-0.15, -0.1) is 6.58 Å². The van der Waals surface area contributed by atoms with E-state index in [9.17, 15) is 0 Å². The summed E-state index contributed by atoms with van der Waals surface area (Å²) < 4.78 is 5.40. The molecule has 2 nitrogen and oxygen atoms in total. The van der Waals surface area contributed by atoms with Crippen molar-refractivity contribution < 1.29 is 4.74 Å². The Kier molecular flexibility index (Phi) is 4.77. The maximum atomic E-state index is 5.40. The molecule has 1 aliphatic carbocycles. The van der Waals surface area contributed by atoms with Gasteiger partial charge < -0.3 is 10.1 Å². The quantitative estimate of drug-likeness (QED) is 0.548. The second-order valence-corrected chi connectivity index (χ2v) is 4.60. The summed E-state index contributed by atoms with van der Waals surface area (Å²) >= 11 is 0. The van der Waals surface area contributed by atoms with Crippen LogP contribution in [0.1, 0.15) is 24.0 Å². The van der Waals surface area contributed by atoms with Crippen molar-refractivity contribution in [2.45, 2.75) is 31.9 Å². The molecule has 92 valence electrons. The minimum absolute atomic E-state index is 0.618. The molecule has 1 N–H and O–H groups in total. The van der Waals surface area contributed by atoms with E-state index in [-0.39, 0.29) is 0 Å². The molecule has 0 aliphatic heterocycles. The summed E-state index contributed by atoms with van der Waals surface area (Å²) in [6, 6.07) is 9.49. The van der Waals surface area contributed by atoms with Crippen LogP contribution >= 0.6 is 0 Å². The van der Waals surface area contributed by atoms with Gasteiger partial charge in [-0.25, -0.2) is 0 Å². The van der Waals surface area contributed by atoms with Gasteiger partial charge in [0.1, 0.15) is 0 Å². The van der Waals surface area contributed by atoms with Crippen LogP contribution in [0.3, 0.4) is 0 Å². The molecule has 0 bridgehead atoms. The summed E-state index contributed by atoms with van der Waals surface area (Å²) in [6.45, 7) is 6.01. The van der Waals surface area contributed by atoms with Crippen molar-refractivity contribution in [3.8, 4) is 0 Å². The molecule has 0 amide bonds. The van der Waals surface area contributed by atoms with Crippen molar-refractivity contribution in [1.29, 1.82) is 0 Å². The van der Waals surface area contributed by atoms with Crippen LogP contribution in [-0.4, -0.2) is 19.2 Å². The van der Waals surface area contributed by atoms with Crippen LogP contribution in [0.2, 0.25) is 0 Å². The maximum Gasteiger partial charge on any atom is 0.0721 e. The predicted molar refractivity (Wildman–Crippen MR) is 71.0 cm³/mol. The lowest BCUT2D eigenvalue weighted by atomic mass is 10.1. The normalized spacial score (nSPS) is 14.8. The van der Waals surface area contributed by atoms with E-state index in [4.69, 9.17) is 4.74 Å². The van der Waals surface area contributed by atoms with Crippen LogP contribution < -0.4 is 5.32 Å². The number of rotatable bonds is 8. The van der Waals surface area contributed by atoms with E-state index >= 15 is 0 Å². The Hall–Kier alpha value is -1.12. The van der Waals surface area contributed by atoms with Gasteiger partial charge >= 0.3 is 0 Å². The lowest BCUT2D eigenvalue weighted by Gasteiger charge is -2.05. The van der Waals surface area contributed by atoms with Crippen molar-refractivity contribution >= 4 is 0 Å². The average molecular weight is 231 g/mol. The summed E-state index contributed by atoms with van der Waals surface area (Å²) in [5.74, 6) is 0. The Bertz CT molecular complexity index is 340. The van der Waals surface area contributed by atoms with Crippen molar-refractivity contribution in [2.75, 3.05) is 13.2 Å². The largest absolute Gasteiger partial charge is 0.373 e. The highest BCUT2D eigenvalue weighted by molar-refractivity contribution is 5.22. The Morgan fingerprint density at radius 1 is 1.24 bits per heavy atom. The summed E-state index contributed by atoms with van der Waals surface area (Å²) in [4.78, 5) is 0. The summed E-state index contributed by atoms with van der Waals surface area (Å²) in [5.41, 5.74) is 2.62. The number of benzene rings is 1. The van der Waals surface area contributed by atoms with Crippen molar-refractivity contribution in [3.63, 3.8) is 0 Å². The zero-order valence-corrected chi connectivity index (χ0v) is 10.3. The number of ether oxygens (including phenoxy) is 1. The van der Waals surface area contributed by atoms with Gasteiger partial charge in [0.2, 0.25) is 0 Å². The molecule has 0 spiro atoms. The highest BCUT2D eigenvalue weighted by atomic mass is 16.5. The molecule has 1 fully saturated rings. The highest BCUT2D eigenvalue weighted by Crippen LogP contribution is 2.18. The number of hydrogen-bond donors (Lipinski definition) is 1. The van der Waals surface area contributed by atoms with Crippen molar-refractivity contribution in [1.82, 2.24) is 5.32 Å². The van der Waals surface area contributed by atoms with Gasteiger partial charge in [-0.05, 0) is 36.9 Å². The Morgan fingerprint density at radius 3 is 2.59 bits per heavy atom.